The van der Waals surface area contributed by atoms with Crippen molar-refractivity contribution in [3.8, 4) is 17.0 Å². The lowest BCUT2D eigenvalue weighted by Crippen LogP contribution is -2.29. The minimum absolute atomic E-state index is 0.0112. The highest BCUT2D eigenvalue weighted by Gasteiger charge is 2.34. The molecule has 0 saturated heterocycles. The molecule has 5 rings (SSSR count). The van der Waals surface area contributed by atoms with E-state index in [1.807, 2.05) is 25.1 Å². The average molecular weight is 558 g/mol. The first kappa shape index (κ1) is 25.8. The van der Waals surface area contributed by atoms with Gasteiger partial charge < -0.3 is 9.30 Å². The van der Waals surface area contributed by atoms with Gasteiger partial charge in [0, 0.05) is 34.1 Å². The van der Waals surface area contributed by atoms with Crippen LogP contribution in [0.2, 0.25) is 4.34 Å². The third kappa shape index (κ3) is 4.99. The van der Waals surface area contributed by atoms with E-state index in [9.17, 15) is 18.0 Å². The normalized spacial score (nSPS) is 11.7. The molecule has 7 nitrogen and oxygen atoms in total. The number of aromatic nitrogens is 5. The highest BCUT2D eigenvalue weighted by atomic mass is 35.5. The van der Waals surface area contributed by atoms with Crippen molar-refractivity contribution in [3.05, 3.63) is 97.3 Å². The molecule has 1 aromatic carbocycles. The van der Waals surface area contributed by atoms with Crippen LogP contribution in [0, 0.1) is 13.8 Å². The molecule has 0 amide bonds. The maximum absolute atomic E-state index is 13.2. The summed E-state index contributed by atoms with van der Waals surface area (Å²) in [6.45, 7) is 3.44. The topological polar surface area (TPSA) is 82.8 Å². The van der Waals surface area contributed by atoms with Crippen LogP contribution in [0.4, 0.5) is 13.2 Å². The number of pyridine rings is 2. The fourth-order valence-corrected chi connectivity index (χ4v) is 4.93. The van der Waals surface area contributed by atoms with Gasteiger partial charge in [-0.2, -0.15) is 13.2 Å². The van der Waals surface area contributed by atoms with Crippen LogP contribution in [0.1, 0.15) is 28.2 Å². The molecule has 0 spiro atoms. The Morgan fingerprint density at radius 1 is 1.11 bits per heavy atom. The molecular weight excluding hydrogens is 539 g/mol. The van der Waals surface area contributed by atoms with E-state index in [1.54, 1.807) is 18.5 Å². The molecule has 12 heteroatoms. The summed E-state index contributed by atoms with van der Waals surface area (Å²) < 4.78 is 47.4. The summed E-state index contributed by atoms with van der Waals surface area (Å²) in [6.07, 6.45) is -2.16. The predicted octanol–water partition coefficient (Wildman–Crippen LogP) is 6.23. The monoisotopic (exact) mass is 557 g/mol. The molecule has 0 aliphatic carbocycles. The molecule has 0 unspecified atom stereocenters. The number of fused-ring (bicyclic) bond motifs is 1. The summed E-state index contributed by atoms with van der Waals surface area (Å²) in [5.41, 5.74) is 3.64. The van der Waals surface area contributed by atoms with Gasteiger partial charge in [0.05, 0.1) is 17.7 Å². The van der Waals surface area contributed by atoms with E-state index >= 15 is 0 Å². The number of alkyl halides is 3. The molecule has 0 radical (unpaired) electrons. The number of nitrogens with zero attached hydrogens (tertiary/aromatic N) is 5. The van der Waals surface area contributed by atoms with Gasteiger partial charge in [0.25, 0.3) is 5.56 Å². The Kier molecular flexibility index (Phi) is 6.89. The predicted molar refractivity (Wildman–Crippen MR) is 139 cm³/mol. The number of hydrogen-bond donors (Lipinski definition) is 0. The Labute approximate surface area is 223 Å². The number of aryl methyl sites for hydroxylation is 2. The molecule has 5 aromatic rings. The number of para-hydroxylation sites is 1. The van der Waals surface area contributed by atoms with Crippen molar-refractivity contribution in [2.24, 2.45) is 0 Å². The Morgan fingerprint density at radius 2 is 1.92 bits per heavy atom. The zero-order valence-electron chi connectivity index (χ0n) is 20.1. The van der Waals surface area contributed by atoms with Crippen molar-refractivity contribution in [2.45, 2.75) is 33.2 Å². The Bertz CT molecular complexity index is 1720. The Balaban J connectivity index is 1.50. The first-order valence-electron chi connectivity index (χ1n) is 11.3. The van der Waals surface area contributed by atoms with Crippen LogP contribution in [0.25, 0.3) is 22.2 Å². The van der Waals surface area contributed by atoms with Crippen LogP contribution in [-0.4, -0.2) is 24.5 Å². The Hall–Kier alpha value is -3.83. The number of ether oxygens (including phenoxy) is 1. The van der Waals surface area contributed by atoms with Crippen molar-refractivity contribution in [2.75, 3.05) is 0 Å². The molecule has 0 bridgehead atoms. The number of benzene rings is 1. The van der Waals surface area contributed by atoms with Gasteiger partial charge in [-0.05, 0) is 38.1 Å². The van der Waals surface area contributed by atoms with Crippen LogP contribution < -0.4 is 10.3 Å². The molecule has 0 saturated carbocycles. The summed E-state index contributed by atoms with van der Waals surface area (Å²) in [5, 5.41) is 0.803. The van der Waals surface area contributed by atoms with Gasteiger partial charge in [0.1, 0.15) is 39.8 Å². The Morgan fingerprint density at radius 3 is 2.66 bits per heavy atom. The van der Waals surface area contributed by atoms with E-state index in [0.29, 0.717) is 38.2 Å². The lowest BCUT2D eigenvalue weighted by molar-refractivity contribution is -0.138. The molecule has 0 aliphatic rings. The number of rotatable bonds is 6. The van der Waals surface area contributed by atoms with Crippen molar-refractivity contribution in [1.82, 2.24) is 24.5 Å². The molecule has 4 aromatic heterocycles. The van der Waals surface area contributed by atoms with Crippen LogP contribution in [0.3, 0.4) is 0 Å². The average Bonchev–Trinajstić information content (AvgIpc) is 3.29. The van der Waals surface area contributed by atoms with E-state index in [4.69, 9.17) is 16.3 Å². The molecule has 0 N–H and O–H groups in total. The maximum Gasteiger partial charge on any atom is 0.421 e. The standard InChI is InChI=1S/C26H19ClF3N5O2S/c1-14-9-17(23-24(27)38-13-33-23)16-5-3-7-21(22(16)34-14)37-11-18-15(2)31-12-32-20(18)10-35-8-4-6-19(25(35)36)26(28,29)30/h3-9,12-13H,10-11H2,1-2H3. The van der Waals surface area contributed by atoms with E-state index in [-0.39, 0.29) is 13.2 Å². The van der Waals surface area contributed by atoms with E-state index < -0.39 is 17.3 Å². The minimum atomic E-state index is -4.76. The molecule has 4 heterocycles. The number of hydrogen-bond acceptors (Lipinski definition) is 7. The summed E-state index contributed by atoms with van der Waals surface area (Å²) in [4.78, 5) is 30.0. The van der Waals surface area contributed by atoms with Gasteiger partial charge in [-0.3, -0.25) is 4.79 Å². The summed E-state index contributed by atoms with van der Waals surface area (Å²) in [6, 6.07) is 9.36. The molecule has 38 heavy (non-hydrogen) atoms. The quantitative estimate of drug-likeness (QED) is 0.246. The van der Waals surface area contributed by atoms with Gasteiger partial charge >= 0.3 is 6.18 Å². The molecule has 0 aliphatic heterocycles. The maximum atomic E-state index is 13.2. The van der Waals surface area contributed by atoms with E-state index in [1.165, 1.54) is 29.9 Å². The van der Waals surface area contributed by atoms with E-state index in [0.717, 1.165) is 27.3 Å². The largest absolute Gasteiger partial charge is 0.486 e. The smallest absolute Gasteiger partial charge is 0.421 e. The zero-order chi connectivity index (χ0) is 27.0. The summed E-state index contributed by atoms with van der Waals surface area (Å²) in [5.74, 6) is 0.490. The van der Waals surface area contributed by atoms with Crippen molar-refractivity contribution >= 4 is 33.8 Å². The minimum Gasteiger partial charge on any atom is -0.486 e. The molecule has 0 atom stereocenters. The third-order valence-corrected chi connectivity index (χ3v) is 7.03. The lowest BCUT2D eigenvalue weighted by atomic mass is 10.0. The first-order valence-corrected chi connectivity index (χ1v) is 12.6. The van der Waals surface area contributed by atoms with Gasteiger partial charge in [-0.1, -0.05) is 23.7 Å². The zero-order valence-corrected chi connectivity index (χ0v) is 21.7. The fraction of sp³-hybridized carbons (Fsp3) is 0.192. The first-order chi connectivity index (χ1) is 18.1. The van der Waals surface area contributed by atoms with Crippen molar-refractivity contribution < 1.29 is 17.9 Å². The second kappa shape index (κ2) is 10.1. The number of thiazole rings is 1. The van der Waals surface area contributed by atoms with Crippen LogP contribution in [-0.2, 0) is 19.3 Å². The second-order valence-electron chi connectivity index (χ2n) is 8.46. The SMILES string of the molecule is Cc1cc(-c2ncsc2Cl)c2cccc(OCc3c(C)ncnc3Cn3cccc(C(F)(F)F)c3=O)c2n1. The highest BCUT2D eigenvalue weighted by molar-refractivity contribution is 7.14. The van der Waals surface area contributed by atoms with Gasteiger partial charge in [0.2, 0.25) is 0 Å². The fourth-order valence-electron chi connectivity index (χ4n) is 4.13. The van der Waals surface area contributed by atoms with Crippen LogP contribution in [0.5, 0.6) is 5.75 Å². The van der Waals surface area contributed by atoms with Crippen molar-refractivity contribution in [1.29, 1.82) is 0 Å². The molecular formula is C26H19ClF3N5O2S. The summed E-state index contributed by atoms with van der Waals surface area (Å²) >= 11 is 7.69. The van der Waals surface area contributed by atoms with Crippen LogP contribution >= 0.6 is 22.9 Å². The third-order valence-electron chi connectivity index (χ3n) is 5.98. The highest BCUT2D eigenvalue weighted by Crippen LogP contribution is 2.37. The van der Waals surface area contributed by atoms with Gasteiger partial charge in [0.15, 0.2) is 0 Å². The number of halogens is 4. The van der Waals surface area contributed by atoms with Gasteiger partial charge in [-0.25, -0.2) is 19.9 Å². The second-order valence-corrected chi connectivity index (χ2v) is 9.92. The van der Waals surface area contributed by atoms with Gasteiger partial charge in [-0.15, -0.1) is 11.3 Å². The van der Waals surface area contributed by atoms with Crippen molar-refractivity contribution in [3.63, 3.8) is 0 Å². The molecule has 194 valence electrons. The molecule has 0 fully saturated rings. The lowest BCUT2D eigenvalue weighted by Gasteiger charge is -2.16. The van der Waals surface area contributed by atoms with Crippen LogP contribution in [0.15, 0.2) is 59.2 Å². The van der Waals surface area contributed by atoms with E-state index in [2.05, 4.69) is 19.9 Å². The summed E-state index contributed by atoms with van der Waals surface area (Å²) in [7, 11) is 0.